The normalized spacial score (nSPS) is 13.2. The second-order valence-electron chi connectivity index (χ2n) is 8.28. The molecule has 7 nitrogen and oxygen atoms in total. The summed E-state index contributed by atoms with van der Waals surface area (Å²) in [5.41, 5.74) is 4.05. The smallest absolute Gasteiger partial charge is 0.260 e. The molecule has 1 fully saturated rings. The van der Waals surface area contributed by atoms with Crippen LogP contribution in [-0.4, -0.2) is 40.7 Å². The average molecular weight is 462 g/mol. The summed E-state index contributed by atoms with van der Waals surface area (Å²) in [5.74, 6) is 6.97. The molecular weight excluding hydrogens is 438 g/mol. The van der Waals surface area contributed by atoms with Crippen LogP contribution in [0.5, 0.6) is 5.75 Å². The summed E-state index contributed by atoms with van der Waals surface area (Å²) in [6.07, 6.45) is 1.59. The first kappa shape index (κ1) is 23.5. The van der Waals surface area contributed by atoms with Crippen molar-refractivity contribution in [1.82, 2.24) is 15.1 Å². The van der Waals surface area contributed by atoms with Gasteiger partial charge in [0.05, 0.1) is 29.0 Å². The molecule has 1 saturated heterocycles. The Hall–Kier alpha value is -4.67. The molecule has 1 aliphatic rings. The van der Waals surface area contributed by atoms with Gasteiger partial charge in [0, 0.05) is 24.6 Å². The van der Waals surface area contributed by atoms with Gasteiger partial charge < -0.3 is 9.64 Å². The molecule has 1 aromatic heterocycles. The number of aromatic nitrogens is 2. The number of benzene rings is 2. The molecule has 35 heavy (non-hydrogen) atoms. The van der Waals surface area contributed by atoms with Gasteiger partial charge >= 0.3 is 0 Å². The fourth-order valence-electron chi connectivity index (χ4n) is 3.82. The van der Waals surface area contributed by atoms with Crippen LogP contribution < -0.4 is 4.74 Å². The van der Waals surface area contributed by atoms with Crippen LogP contribution >= 0.6 is 0 Å². The molecule has 0 N–H and O–H groups in total. The molecule has 0 atom stereocenters. The van der Waals surface area contributed by atoms with Crippen LogP contribution in [0.25, 0.3) is 11.1 Å². The minimum Gasteiger partial charge on any atom is -0.483 e. The van der Waals surface area contributed by atoms with Gasteiger partial charge in [0.15, 0.2) is 6.61 Å². The summed E-state index contributed by atoms with van der Waals surface area (Å²) in [5, 5.41) is 26.4. The van der Waals surface area contributed by atoms with Crippen LogP contribution in [0.3, 0.4) is 0 Å². The van der Waals surface area contributed by atoms with Gasteiger partial charge in [0.2, 0.25) is 0 Å². The van der Waals surface area contributed by atoms with Gasteiger partial charge in [-0.25, -0.2) is 0 Å². The number of aryl methyl sites for hydroxylation is 1. The van der Waals surface area contributed by atoms with Crippen molar-refractivity contribution in [3.8, 4) is 40.9 Å². The Morgan fingerprint density at radius 1 is 1.00 bits per heavy atom. The second-order valence-corrected chi connectivity index (χ2v) is 8.28. The molecular formula is C28H23N5O2. The Kier molecular flexibility index (Phi) is 7.36. The quantitative estimate of drug-likeness (QED) is 0.547. The van der Waals surface area contributed by atoms with Gasteiger partial charge in [0.1, 0.15) is 11.4 Å². The van der Waals surface area contributed by atoms with Gasteiger partial charge in [-0.05, 0) is 73.7 Å². The maximum atomic E-state index is 12.8. The van der Waals surface area contributed by atoms with Gasteiger partial charge in [-0.15, -0.1) is 5.10 Å². The van der Waals surface area contributed by atoms with Crippen LogP contribution in [0, 0.1) is 47.3 Å². The first-order valence-corrected chi connectivity index (χ1v) is 11.3. The number of amides is 1. The molecule has 0 unspecified atom stereocenters. The summed E-state index contributed by atoms with van der Waals surface area (Å²) in [4.78, 5) is 14.6. The molecule has 7 heteroatoms. The minimum absolute atomic E-state index is 0.0871. The molecule has 172 valence electrons. The Labute approximate surface area is 204 Å². The van der Waals surface area contributed by atoms with Gasteiger partial charge in [0.25, 0.3) is 5.91 Å². The van der Waals surface area contributed by atoms with E-state index >= 15 is 0 Å². The fourth-order valence-corrected chi connectivity index (χ4v) is 3.82. The van der Waals surface area contributed by atoms with Crippen molar-refractivity contribution in [2.75, 3.05) is 19.7 Å². The van der Waals surface area contributed by atoms with E-state index in [0.29, 0.717) is 41.2 Å². The third-order valence-electron chi connectivity index (χ3n) is 5.83. The van der Waals surface area contributed by atoms with E-state index in [1.165, 1.54) is 0 Å². The predicted octanol–water partition coefficient (Wildman–Crippen LogP) is 3.86. The lowest BCUT2D eigenvalue weighted by molar-refractivity contribution is -0.134. The van der Waals surface area contributed by atoms with Crippen LogP contribution in [0.15, 0.2) is 54.6 Å². The van der Waals surface area contributed by atoms with E-state index in [0.717, 1.165) is 24.1 Å². The number of likely N-dealkylation sites (tertiary alicyclic amines) is 1. The molecule has 0 saturated carbocycles. The summed E-state index contributed by atoms with van der Waals surface area (Å²) < 4.78 is 5.90. The number of carbonyl (C=O) groups is 1. The molecule has 4 rings (SSSR count). The van der Waals surface area contributed by atoms with E-state index in [4.69, 9.17) is 10.00 Å². The first-order chi connectivity index (χ1) is 17.1. The van der Waals surface area contributed by atoms with Crippen LogP contribution in [0.1, 0.15) is 35.4 Å². The van der Waals surface area contributed by atoms with E-state index in [-0.39, 0.29) is 18.4 Å². The van der Waals surface area contributed by atoms with E-state index in [9.17, 15) is 10.1 Å². The molecule has 0 spiro atoms. The van der Waals surface area contributed by atoms with Crippen molar-refractivity contribution < 1.29 is 9.53 Å². The average Bonchev–Trinajstić information content (AvgIpc) is 2.91. The van der Waals surface area contributed by atoms with E-state index < -0.39 is 0 Å². The number of piperidine rings is 1. The molecule has 3 aromatic rings. The highest BCUT2D eigenvalue weighted by molar-refractivity contribution is 5.79. The topological polar surface area (TPSA) is 103 Å². The molecule has 1 aliphatic heterocycles. The Balaban J connectivity index is 1.36. The minimum atomic E-state index is -0.0928. The lowest BCUT2D eigenvalue weighted by Gasteiger charge is -2.29. The van der Waals surface area contributed by atoms with E-state index in [1.54, 1.807) is 47.4 Å². The predicted molar refractivity (Wildman–Crippen MR) is 130 cm³/mol. The lowest BCUT2D eigenvalue weighted by Crippen LogP contribution is -2.40. The Bertz CT molecular complexity index is 1350. The van der Waals surface area contributed by atoms with Gasteiger partial charge in [-0.3, -0.25) is 4.79 Å². The van der Waals surface area contributed by atoms with Crippen molar-refractivity contribution in [3.05, 3.63) is 77.1 Å². The van der Waals surface area contributed by atoms with Crippen LogP contribution in [-0.2, 0) is 4.79 Å². The van der Waals surface area contributed by atoms with Crippen molar-refractivity contribution in [3.63, 3.8) is 0 Å². The van der Waals surface area contributed by atoms with Crippen LogP contribution in [0.2, 0.25) is 0 Å². The molecule has 2 aromatic carbocycles. The summed E-state index contributed by atoms with van der Waals surface area (Å²) >= 11 is 0. The molecule has 0 bridgehead atoms. The van der Waals surface area contributed by atoms with Crippen molar-refractivity contribution in [2.45, 2.75) is 19.8 Å². The highest BCUT2D eigenvalue weighted by Gasteiger charge is 2.22. The van der Waals surface area contributed by atoms with Crippen LogP contribution in [0.4, 0.5) is 0 Å². The van der Waals surface area contributed by atoms with Crippen molar-refractivity contribution >= 4 is 5.91 Å². The summed E-state index contributed by atoms with van der Waals surface area (Å²) in [6.45, 7) is 3.04. The monoisotopic (exact) mass is 461 g/mol. The molecule has 2 heterocycles. The highest BCUT2D eigenvalue weighted by atomic mass is 16.5. The summed E-state index contributed by atoms with van der Waals surface area (Å²) in [6, 6.07) is 20.1. The molecule has 1 amide bonds. The first-order valence-electron chi connectivity index (χ1n) is 11.3. The zero-order valence-corrected chi connectivity index (χ0v) is 19.4. The van der Waals surface area contributed by atoms with Gasteiger partial charge in [-0.1, -0.05) is 18.1 Å². The van der Waals surface area contributed by atoms with Gasteiger partial charge in [-0.2, -0.15) is 15.6 Å². The maximum absolute atomic E-state index is 12.8. The van der Waals surface area contributed by atoms with Crippen molar-refractivity contribution in [1.29, 1.82) is 10.5 Å². The number of hydrogen-bond acceptors (Lipinski definition) is 6. The lowest BCUT2D eigenvalue weighted by atomic mass is 9.97. The molecule has 0 aliphatic carbocycles. The fraction of sp³-hybridized carbons (Fsp3) is 0.250. The maximum Gasteiger partial charge on any atom is 0.260 e. The Morgan fingerprint density at radius 2 is 1.71 bits per heavy atom. The third kappa shape index (κ3) is 6.02. The number of carbonyl (C=O) groups excluding carboxylic acids is 1. The standard InChI is InChI=1S/C28H23N5O2/c1-20-2-9-25(32-31-20)10-5-21-12-14-33(15-13-21)28(34)19-35-27-11-6-23(18-30)16-26(27)24-7-3-22(17-29)4-8-24/h2-4,6-9,11,16,21H,12-15,19H2,1H3. The highest BCUT2D eigenvalue weighted by Crippen LogP contribution is 2.31. The number of rotatable bonds is 4. The van der Waals surface area contributed by atoms with E-state index in [2.05, 4.69) is 34.2 Å². The SMILES string of the molecule is Cc1ccc(C#CC2CCN(C(=O)COc3ccc(C#N)cc3-c3ccc(C#N)cc3)CC2)nn1. The number of nitrogens with zero attached hydrogens (tertiary/aromatic N) is 5. The Morgan fingerprint density at radius 3 is 2.37 bits per heavy atom. The summed E-state index contributed by atoms with van der Waals surface area (Å²) in [7, 11) is 0. The number of nitriles is 2. The van der Waals surface area contributed by atoms with Crippen molar-refractivity contribution in [2.24, 2.45) is 5.92 Å². The zero-order chi connectivity index (χ0) is 24.6. The molecule has 0 radical (unpaired) electrons. The number of ether oxygens (including phenoxy) is 1. The third-order valence-corrected chi connectivity index (χ3v) is 5.83. The zero-order valence-electron chi connectivity index (χ0n) is 19.4. The number of hydrogen-bond donors (Lipinski definition) is 0. The second kappa shape index (κ2) is 11.0. The largest absolute Gasteiger partial charge is 0.483 e. The van der Waals surface area contributed by atoms with E-state index in [1.807, 2.05) is 19.1 Å².